The van der Waals surface area contributed by atoms with Crippen molar-refractivity contribution in [3.05, 3.63) is 76.1 Å². The molecule has 0 saturated heterocycles. The first-order valence-corrected chi connectivity index (χ1v) is 9.88. The lowest BCUT2D eigenvalue weighted by Crippen LogP contribution is -2.17. The van der Waals surface area contributed by atoms with Crippen LogP contribution in [0.4, 0.5) is 28.7 Å². The molecule has 148 valence electrons. The second-order valence-electron chi connectivity index (χ2n) is 7.11. The number of benzene rings is 2. The van der Waals surface area contributed by atoms with E-state index in [0.29, 0.717) is 12.4 Å². The zero-order valence-corrected chi connectivity index (χ0v) is 16.3. The summed E-state index contributed by atoms with van der Waals surface area (Å²) in [5, 5.41) is 15.0. The molecular weight excluding hydrogens is 366 g/mol. The third kappa shape index (κ3) is 3.89. The Morgan fingerprint density at radius 2 is 1.93 bits per heavy atom. The highest BCUT2D eigenvalue weighted by Crippen LogP contribution is 2.40. The fourth-order valence-electron chi connectivity index (χ4n) is 3.66. The molecule has 0 atom stereocenters. The predicted molar refractivity (Wildman–Crippen MR) is 114 cm³/mol. The quantitative estimate of drug-likeness (QED) is 0.443. The van der Waals surface area contributed by atoms with Crippen molar-refractivity contribution >= 4 is 28.7 Å². The lowest BCUT2D eigenvalue weighted by Gasteiger charge is -2.19. The summed E-state index contributed by atoms with van der Waals surface area (Å²) in [4.78, 5) is 21.9. The van der Waals surface area contributed by atoms with E-state index in [2.05, 4.69) is 22.2 Å². The molecule has 1 aromatic heterocycles. The number of para-hydroxylation sites is 1. The van der Waals surface area contributed by atoms with Crippen molar-refractivity contribution in [2.75, 3.05) is 16.8 Å². The number of nitro groups is 1. The van der Waals surface area contributed by atoms with Crippen molar-refractivity contribution in [2.45, 2.75) is 32.6 Å². The monoisotopic (exact) mass is 389 g/mol. The summed E-state index contributed by atoms with van der Waals surface area (Å²) in [6.45, 7) is 2.82. The number of hydrogen-bond donors (Lipinski definition) is 1. The number of aromatic nitrogens is 2. The Bertz CT molecular complexity index is 1020. The molecule has 2 aromatic carbocycles. The second kappa shape index (κ2) is 8.26. The second-order valence-corrected chi connectivity index (χ2v) is 7.11. The van der Waals surface area contributed by atoms with Crippen LogP contribution < -0.4 is 10.2 Å². The van der Waals surface area contributed by atoms with Crippen LogP contribution in [0.2, 0.25) is 0 Å². The summed E-state index contributed by atoms with van der Waals surface area (Å²) in [6, 6.07) is 15.9. The fraction of sp³-hybridized carbons (Fsp3) is 0.273. The third-order valence-electron chi connectivity index (χ3n) is 5.16. The number of fused-ring (bicyclic) bond motifs is 1. The van der Waals surface area contributed by atoms with Crippen LogP contribution >= 0.6 is 0 Å². The van der Waals surface area contributed by atoms with Gasteiger partial charge in [-0.15, -0.1) is 0 Å². The van der Waals surface area contributed by atoms with Gasteiger partial charge in [-0.2, -0.15) is 0 Å². The Labute approximate surface area is 169 Å². The molecule has 0 spiro atoms. The van der Waals surface area contributed by atoms with Gasteiger partial charge in [-0.1, -0.05) is 43.7 Å². The number of rotatable bonds is 7. The van der Waals surface area contributed by atoms with E-state index in [-0.39, 0.29) is 11.5 Å². The summed E-state index contributed by atoms with van der Waals surface area (Å²) in [6.07, 6.45) is 5.53. The standard InChI is InChI=1S/C22H23N5O2/c1-2-3-6-16-9-11-18(12-10-16)25-21-20(27(28)29)22(24-15-23-21)26-14-13-17-7-4-5-8-19(17)26/h4-5,7-12,15H,2-3,6,13-14H2,1H3,(H,23,24,25). The average molecular weight is 389 g/mol. The first-order chi connectivity index (χ1) is 14.2. The van der Waals surface area contributed by atoms with Crippen molar-refractivity contribution in [3.63, 3.8) is 0 Å². The molecular formula is C22H23N5O2. The van der Waals surface area contributed by atoms with Crippen LogP contribution in [0.25, 0.3) is 0 Å². The maximum absolute atomic E-state index is 11.9. The van der Waals surface area contributed by atoms with Crippen LogP contribution in [0.1, 0.15) is 30.9 Å². The van der Waals surface area contributed by atoms with Gasteiger partial charge in [0, 0.05) is 17.9 Å². The van der Waals surface area contributed by atoms with E-state index in [1.54, 1.807) is 0 Å². The number of hydrogen-bond acceptors (Lipinski definition) is 6. The van der Waals surface area contributed by atoms with Gasteiger partial charge in [0.2, 0.25) is 11.6 Å². The van der Waals surface area contributed by atoms with E-state index in [1.165, 1.54) is 11.9 Å². The van der Waals surface area contributed by atoms with Gasteiger partial charge in [0.1, 0.15) is 6.33 Å². The molecule has 7 nitrogen and oxygen atoms in total. The summed E-state index contributed by atoms with van der Waals surface area (Å²) in [7, 11) is 0. The first-order valence-electron chi connectivity index (χ1n) is 9.88. The Balaban J connectivity index is 1.65. The van der Waals surface area contributed by atoms with Gasteiger partial charge in [-0.05, 0) is 48.6 Å². The third-order valence-corrected chi connectivity index (χ3v) is 5.16. The number of nitrogens with one attached hydrogen (secondary N) is 1. The molecule has 1 aliphatic heterocycles. The zero-order chi connectivity index (χ0) is 20.2. The highest BCUT2D eigenvalue weighted by atomic mass is 16.6. The fourth-order valence-corrected chi connectivity index (χ4v) is 3.66. The molecule has 29 heavy (non-hydrogen) atoms. The molecule has 4 rings (SSSR count). The van der Waals surface area contributed by atoms with E-state index < -0.39 is 4.92 Å². The number of aryl methyl sites for hydroxylation is 1. The van der Waals surface area contributed by atoms with Gasteiger partial charge < -0.3 is 10.2 Å². The van der Waals surface area contributed by atoms with E-state index in [0.717, 1.165) is 42.6 Å². The summed E-state index contributed by atoms with van der Waals surface area (Å²) < 4.78 is 0. The molecule has 7 heteroatoms. The van der Waals surface area contributed by atoms with Gasteiger partial charge in [0.15, 0.2) is 0 Å². The molecule has 0 aliphatic carbocycles. The van der Waals surface area contributed by atoms with Crippen molar-refractivity contribution < 1.29 is 4.92 Å². The van der Waals surface area contributed by atoms with Crippen molar-refractivity contribution in [1.29, 1.82) is 0 Å². The van der Waals surface area contributed by atoms with Gasteiger partial charge in [-0.25, -0.2) is 9.97 Å². The first kappa shape index (κ1) is 18.9. The molecule has 0 radical (unpaired) electrons. The van der Waals surface area contributed by atoms with Crippen LogP contribution in [-0.4, -0.2) is 21.4 Å². The van der Waals surface area contributed by atoms with E-state index in [9.17, 15) is 10.1 Å². The van der Waals surface area contributed by atoms with Gasteiger partial charge in [0.25, 0.3) is 0 Å². The van der Waals surface area contributed by atoms with Crippen LogP contribution in [0.15, 0.2) is 54.9 Å². The molecule has 0 unspecified atom stereocenters. The summed E-state index contributed by atoms with van der Waals surface area (Å²) in [5.41, 5.74) is 4.03. The normalized spacial score (nSPS) is 12.7. The largest absolute Gasteiger partial charge is 0.354 e. The van der Waals surface area contributed by atoms with Gasteiger partial charge in [0.05, 0.1) is 4.92 Å². The molecule has 2 heterocycles. The lowest BCUT2D eigenvalue weighted by atomic mass is 10.1. The highest BCUT2D eigenvalue weighted by molar-refractivity contribution is 5.80. The van der Waals surface area contributed by atoms with Gasteiger partial charge in [-0.3, -0.25) is 10.1 Å². The lowest BCUT2D eigenvalue weighted by molar-refractivity contribution is -0.383. The van der Waals surface area contributed by atoms with Crippen molar-refractivity contribution in [1.82, 2.24) is 9.97 Å². The molecule has 0 amide bonds. The molecule has 0 fully saturated rings. The summed E-state index contributed by atoms with van der Waals surface area (Å²) in [5.74, 6) is 0.516. The average Bonchev–Trinajstić information content (AvgIpc) is 3.17. The maximum atomic E-state index is 11.9. The predicted octanol–water partition coefficient (Wildman–Crippen LogP) is 5.17. The van der Waals surface area contributed by atoms with Crippen LogP contribution in [0, 0.1) is 10.1 Å². The molecule has 1 aliphatic rings. The maximum Gasteiger partial charge on any atom is 0.354 e. The van der Waals surface area contributed by atoms with Crippen molar-refractivity contribution in [3.8, 4) is 0 Å². The van der Waals surface area contributed by atoms with Crippen LogP contribution in [0.5, 0.6) is 0 Å². The Kier molecular flexibility index (Phi) is 5.37. The minimum atomic E-state index is -0.409. The van der Waals surface area contributed by atoms with E-state index >= 15 is 0 Å². The molecule has 0 saturated carbocycles. The van der Waals surface area contributed by atoms with E-state index in [1.807, 2.05) is 53.4 Å². The highest BCUT2D eigenvalue weighted by Gasteiger charge is 2.31. The Hall–Kier alpha value is -3.48. The number of unbranched alkanes of at least 4 members (excludes halogenated alkanes) is 1. The Morgan fingerprint density at radius 3 is 2.69 bits per heavy atom. The molecule has 3 aromatic rings. The minimum Gasteiger partial charge on any atom is -0.334 e. The van der Waals surface area contributed by atoms with E-state index in [4.69, 9.17) is 0 Å². The van der Waals surface area contributed by atoms with Crippen LogP contribution in [0.3, 0.4) is 0 Å². The van der Waals surface area contributed by atoms with Crippen LogP contribution in [-0.2, 0) is 12.8 Å². The Morgan fingerprint density at radius 1 is 1.14 bits per heavy atom. The smallest absolute Gasteiger partial charge is 0.334 e. The zero-order valence-electron chi connectivity index (χ0n) is 16.3. The topological polar surface area (TPSA) is 84.2 Å². The minimum absolute atomic E-state index is 0.112. The SMILES string of the molecule is CCCCc1ccc(Nc2ncnc(N3CCc4ccccc43)c2[N+](=O)[O-])cc1. The molecule has 1 N–H and O–H groups in total. The van der Waals surface area contributed by atoms with Crippen molar-refractivity contribution in [2.24, 2.45) is 0 Å². The number of nitrogens with zero attached hydrogens (tertiary/aromatic N) is 4. The van der Waals surface area contributed by atoms with Gasteiger partial charge >= 0.3 is 5.69 Å². The summed E-state index contributed by atoms with van der Waals surface area (Å²) >= 11 is 0. The molecule has 0 bridgehead atoms. The number of anilines is 4.